The fourth-order valence-corrected chi connectivity index (χ4v) is 8.72. The van der Waals surface area contributed by atoms with Crippen molar-refractivity contribution in [1.82, 2.24) is 61.2 Å². The van der Waals surface area contributed by atoms with Gasteiger partial charge in [-0.3, -0.25) is 30.6 Å². The van der Waals surface area contributed by atoms with E-state index in [1.54, 1.807) is 0 Å². The Labute approximate surface area is 366 Å². The molecule has 0 aliphatic heterocycles. The zero-order valence-corrected chi connectivity index (χ0v) is 39.4. The van der Waals surface area contributed by atoms with E-state index in [1.165, 1.54) is 66.9 Å². The van der Waals surface area contributed by atoms with Gasteiger partial charge in [-0.25, -0.2) is 0 Å². The Bertz CT molecular complexity index is 1640. The first-order chi connectivity index (χ1) is 27.3. The first-order valence-electron chi connectivity index (χ1n) is 21.6. The molecule has 6 N–H and O–H groups in total. The smallest absolute Gasteiger partial charge is 0.255 e. The van der Waals surface area contributed by atoms with Crippen molar-refractivity contribution in [2.75, 3.05) is 0 Å². The van der Waals surface area contributed by atoms with Crippen molar-refractivity contribution in [2.24, 2.45) is 0 Å². The van der Waals surface area contributed by atoms with E-state index >= 15 is 0 Å². The van der Waals surface area contributed by atoms with E-state index in [0.29, 0.717) is 0 Å². The van der Waals surface area contributed by atoms with Gasteiger partial charge in [-0.1, -0.05) is 83.1 Å². The molecule has 0 unspecified atom stereocenters. The summed E-state index contributed by atoms with van der Waals surface area (Å²) in [5, 5.41) is 48.0. The van der Waals surface area contributed by atoms with Crippen LogP contribution in [-0.4, -0.2) is 74.6 Å². The Morgan fingerprint density at radius 1 is 0.276 bits per heavy atom. The van der Waals surface area contributed by atoms with E-state index in [9.17, 15) is 0 Å². The second-order valence-corrected chi connectivity index (χ2v) is 14.5. The Morgan fingerprint density at radius 3 is 0.517 bits per heavy atom. The molecule has 0 aliphatic rings. The summed E-state index contributed by atoms with van der Waals surface area (Å²) in [5.74, 6) is 0. The molecule has 12 nitrogen and oxygen atoms in total. The summed E-state index contributed by atoms with van der Waals surface area (Å²) in [4.78, 5) is 0. The molecule has 0 aromatic carbocycles. The quantitative estimate of drug-likeness (QED) is 0.0715. The van der Waals surface area contributed by atoms with Crippen LogP contribution in [0.5, 0.6) is 0 Å². The molecule has 0 aliphatic carbocycles. The molecular weight excluding hydrogens is 836 g/mol. The van der Waals surface area contributed by atoms with Crippen molar-refractivity contribution in [3.8, 4) is 0 Å². The van der Waals surface area contributed by atoms with E-state index < -0.39 is 0 Å². The number of nitrogens with zero attached hydrogens (tertiary/aromatic N) is 6. The van der Waals surface area contributed by atoms with Crippen molar-refractivity contribution in [1.29, 1.82) is 0 Å². The van der Waals surface area contributed by atoms with E-state index in [4.69, 9.17) is 0 Å². The zero-order valence-electron chi connectivity index (χ0n) is 37.0. The van der Waals surface area contributed by atoms with Gasteiger partial charge in [0.2, 0.25) is 0 Å². The van der Waals surface area contributed by atoms with E-state index in [2.05, 4.69) is 144 Å². The molecule has 0 amide bonds. The van der Waals surface area contributed by atoms with Gasteiger partial charge in [0.15, 0.2) is 0 Å². The third kappa shape index (κ3) is 9.22. The molecule has 0 spiro atoms. The van der Waals surface area contributed by atoms with Crippen LogP contribution in [0.1, 0.15) is 151 Å². The van der Waals surface area contributed by atoms with Gasteiger partial charge in [0, 0.05) is 54.6 Å². The van der Waals surface area contributed by atoms with Crippen LogP contribution in [0.2, 0.25) is 0 Å². The average molecular weight is 904 g/mol. The van der Waals surface area contributed by atoms with Crippen LogP contribution >= 0.6 is 12.4 Å². The molecule has 58 heavy (non-hydrogen) atoms. The van der Waals surface area contributed by atoms with Crippen LogP contribution < -0.4 is 32.8 Å². The fourth-order valence-electron chi connectivity index (χ4n) is 8.72. The van der Waals surface area contributed by atoms with Gasteiger partial charge in [0.05, 0.1) is 34.2 Å². The Hall–Kier alpha value is -3.66. The third-order valence-electron chi connectivity index (χ3n) is 11.6. The summed E-state index contributed by atoms with van der Waals surface area (Å²) in [6.07, 6.45) is 11.0. The fraction of sp³-hybridized carbons (Fsp3) is 0.571. The summed E-state index contributed by atoms with van der Waals surface area (Å²) in [5.41, 5.74) is 22.1. The topological polar surface area (TPSA) is 172 Å². The van der Waals surface area contributed by atoms with E-state index in [0.717, 1.165) is 111 Å². The van der Waals surface area contributed by atoms with Crippen LogP contribution in [0.25, 0.3) is 0 Å². The maximum Gasteiger partial charge on any atom is 0.255 e. The Kier molecular flexibility index (Phi) is 19.0. The standard InChI is InChI=1S/2C21H33BN6.ClH.Pd/c2*1-7-13-19(14(8-2)24-23-13)22(20-15(9-3)25-26-16(20)10-4)21-17(11-5)27-28-18(21)12-6;;/h2*7-12H2,1-6H3,(H,23,24)(H,25,26)(H,27,28);1H;. The SMILES string of the molecule is CCc1n[nH]c(CC)c1B(c1c(CC)n[nH]c1CC)c1c(CC)n[nH]c1CC.CCc1n[nH]c(CC)c1B(c1c(CC)n[nH]c1CC)c1c(CC)n[nH]c1CC.Cl.[Pd]. The number of halogens is 1. The van der Waals surface area contributed by atoms with Gasteiger partial charge in [-0.15, -0.1) is 12.4 Å². The van der Waals surface area contributed by atoms with Gasteiger partial charge in [-0.2, -0.15) is 30.6 Å². The summed E-state index contributed by atoms with van der Waals surface area (Å²) in [7, 11) is 0. The van der Waals surface area contributed by atoms with E-state index in [-0.39, 0.29) is 46.3 Å². The largest absolute Gasteiger partial charge is 0.283 e. The monoisotopic (exact) mass is 902 g/mol. The molecule has 0 saturated carbocycles. The van der Waals surface area contributed by atoms with Gasteiger partial charge in [0.1, 0.15) is 0 Å². The average Bonchev–Trinajstić information content (AvgIpc) is 4.10. The van der Waals surface area contributed by atoms with Crippen LogP contribution in [0.15, 0.2) is 0 Å². The maximum absolute atomic E-state index is 4.68. The number of rotatable bonds is 18. The van der Waals surface area contributed by atoms with Gasteiger partial charge >= 0.3 is 0 Å². The normalized spacial score (nSPS) is 11.0. The molecule has 16 heteroatoms. The molecule has 6 aromatic heterocycles. The molecule has 6 aromatic rings. The predicted octanol–water partition coefficient (Wildman–Crippen LogP) is 3.91. The molecule has 6 rings (SSSR count). The minimum Gasteiger partial charge on any atom is -0.283 e. The van der Waals surface area contributed by atoms with Crippen molar-refractivity contribution in [3.05, 3.63) is 68.3 Å². The number of hydrogen-bond acceptors (Lipinski definition) is 6. The first-order valence-corrected chi connectivity index (χ1v) is 21.6. The maximum atomic E-state index is 4.68. The molecule has 0 radical (unpaired) electrons. The van der Waals surface area contributed by atoms with Gasteiger partial charge in [0.25, 0.3) is 13.4 Å². The van der Waals surface area contributed by atoms with Crippen molar-refractivity contribution in [3.63, 3.8) is 0 Å². The summed E-state index contributed by atoms with van der Waals surface area (Å²) in [6, 6.07) is 0. The van der Waals surface area contributed by atoms with Gasteiger partial charge in [-0.05, 0) is 110 Å². The van der Waals surface area contributed by atoms with Crippen molar-refractivity contribution < 1.29 is 20.4 Å². The number of hydrogen-bond donors (Lipinski definition) is 6. The zero-order chi connectivity index (χ0) is 40.5. The van der Waals surface area contributed by atoms with Crippen LogP contribution in [0.3, 0.4) is 0 Å². The third-order valence-corrected chi connectivity index (χ3v) is 11.6. The summed E-state index contributed by atoms with van der Waals surface area (Å²) < 4.78 is 0. The molecular formula is C42H67B2ClN12Pd. The molecule has 0 saturated heterocycles. The predicted molar refractivity (Wildman–Crippen MR) is 241 cm³/mol. The molecule has 0 atom stereocenters. The summed E-state index contributed by atoms with van der Waals surface area (Å²) in [6.45, 7) is 26.5. The molecule has 6 heterocycles. The van der Waals surface area contributed by atoms with Crippen LogP contribution in [-0.2, 0) is 97.5 Å². The first kappa shape index (κ1) is 48.7. The number of H-pyrrole nitrogens is 6. The summed E-state index contributed by atoms with van der Waals surface area (Å²) >= 11 is 0. The van der Waals surface area contributed by atoms with Crippen molar-refractivity contribution in [2.45, 2.75) is 160 Å². The number of aromatic nitrogens is 12. The van der Waals surface area contributed by atoms with Crippen LogP contribution in [0, 0.1) is 0 Å². The number of nitrogens with one attached hydrogen (secondary N) is 6. The Balaban J connectivity index is 0.000000300. The van der Waals surface area contributed by atoms with Gasteiger partial charge < -0.3 is 0 Å². The minimum atomic E-state index is 0. The number of aryl methyl sites for hydroxylation is 12. The van der Waals surface area contributed by atoms with Crippen molar-refractivity contribution >= 4 is 58.6 Å². The minimum absolute atomic E-state index is 0. The van der Waals surface area contributed by atoms with Crippen LogP contribution in [0.4, 0.5) is 0 Å². The Morgan fingerprint density at radius 2 is 0.414 bits per heavy atom. The molecule has 318 valence electrons. The number of aromatic amines is 6. The second-order valence-electron chi connectivity index (χ2n) is 14.5. The van der Waals surface area contributed by atoms with E-state index in [1.807, 2.05) is 0 Å². The molecule has 0 bridgehead atoms. The molecule has 0 fully saturated rings. The second kappa shape index (κ2) is 22.6.